The molecule has 1 heterocycles. The van der Waals surface area contributed by atoms with Crippen LogP contribution in [0.4, 0.5) is 0 Å². The molecule has 1 aromatic heterocycles. The third-order valence-electron chi connectivity index (χ3n) is 2.97. The van der Waals surface area contributed by atoms with E-state index in [1.165, 1.54) is 5.56 Å². The standard InChI is InChI=1S/C15H17N3/c1-15(2,3)13-6-4-12(5-7-13)14-17-9-11-18(14)10-8-16/h4-7,9,11H,10H2,1-3H3. The zero-order valence-electron chi connectivity index (χ0n) is 11.0. The van der Waals surface area contributed by atoms with E-state index in [0.29, 0.717) is 6.54 Å². The zero-order valence-corrected chi connectivity index (χ0v) is 11.0. The number of rotatable bonds is 2. The molecule has 0 fully saturated rings. The number of hydrogen-bond acceptors (Lipinski definition) is 2. The van der Waals surface area contributed by atoms with Crippen molar-refractivity contribution in [2.45, 2.75) is 32.7 Å². The van der Waals surface area contributed by atoms with Crippen molar-refractivity contribution in [2.24, 2.45) is 0 Å². The highest BCUT2D eigenvalue weighted by atomic mass is 15.1. The molecular formula is C15H17N3. The molecule has 1 aromatic carbocycles. The minimum Gasteiger partial charge on any atom is -0.317 e. The van der Waals surface area contributed by atoms with Crippen molar-refractivity contribution in [3.05, 3.63) is 42.2 Å². The first kappa shape index (κ1) is 12.4. The summed E-state index contributed by atoms with van der Waals surface area (Å²) in [5, 5.41) is 8.76. The van der Waals surface area contributed by atoms with Crippen molar-refractivity contribution in [3.63, 3.8) is 0 Å². The molecule has 0 saturated carbocycles. The van der Waals surface area contributed by atoms with Crippen LogP contribution >= 0.6 is 0 Å². The average molecular weight is 239 g/mol. The lowest BCUT2D eigenvalue weighted by molar-refractivity contribution is 0.590. The van der Waals surface area contributed by atoms with Crippen molar-refractivity contribution >= 4 is 0 Å². The normalized spacial score (nSPS) is 11.2. The van der Waals surface area contributed by atoms with Crippen LogP contribution < -0.4 is 0 Å². The quantitative estimate of drug-likeness (QED) is 0.806. The van der Waals surface area contributed by atoms with Crippen molar-refractivity contribution in [1.29, 1.82) is 5.26 Å². The van der Waals surface area contributed by atoms with Gasteiger partial charge in [0.2, 0.25) is 0 Å². The molecule has 0 radical (unpaired) electrons. The van der Waals surface area contributed by atoms with Gasteiger partial charge in [0.15, 0.2) is 0 Å². The van der Waals surface area contributed by atoms with Crippen LogP contribution in [-0.2, 0) is 12.0 Å². The Balaban J connectivity index is 2.35. The van der Waals surface area contributed by atoms with Gasteiger partial charge in [-0.2, -0.15) is 5.26 Å². The molecule has 92 valence electrons. The first-order valence-corrected chi connectivity index (χ1v) is 6.01. The van der Waals surface area contributed by atoms with Gasteiger partial charge in [-0.05, 0) is 11.0 Å². The predicted molar refractivity (Wildman–Crippen MR) is 72.0 cm³/mol. The fraction of sp³-hybridized carbons (Fsp3) is 0.333. The second kappa shape index (κ2) is 4.66. The minimum atomic E-state index is 0.153. The third kappa shape index (κ3) is 2.43. The first-order valence-electron chi connectivity index (χ1n) is 6.01. The van der Waals surface area contributed by atoms with Crippen LogP contribution in [0.1, 0.15) is 26.3 Å². The van der Waals surface area contributed by atoms with Crippen LogP contribution in [0.15, 0.2) is 36.7 Å². The van der Waals surface area contributed by atoms with Crippen LogP contribution in [-0.4, -0.2) is 9.55 Å². The molecule has 0 saturated heterocycles. The number of imidazole rings is 1. The summed E-state index contributed by atoms with van der Waals surface area (Å²) < 4.78 is 1.85. The largest absolute Gasteiger partial charge is 0.317 e. The molecule has 0 bridgehead atoms. The summed E-state index contributed by atoms with van der Waals surface area (Å²) in [6, 6.07) is 10.5. The molecule has 0 N–H and O–H groups in total. The molecule has 3 heteroatoms. The van der Waals surface area contributed by atoms with Gasteiger partial charge in [0, 0.05) is 18.0 Å². The van der Waals surface area contributed by atoms with Crippen LogP contribution in [0.5, 0.6) is 0 Å². The number of aromatic nitrogens is 2. The Morgan fingerprint density at radius 1 is 1.22 bits per heavy atom. The fourth-order valence-electron chi connectivity index (χ4n) is 1.89. The lowest BCUT2D eigenvalue weighted by Gasteiger charge is -2.19. The number of nitriles is 1. The van der Waals surface area contributed by atoms with E-state index in [9.17, 15) is 0 Å². The van der Waals surface area contributed by atoms with E-state index >= 15 is 0 Å². The maximum atomic E-state index is 8.76. The summed E-state index contributed by atoms with van der Waals surface area (Å²) in [4.78, 5) is 4.31. The van der Waals surface area contributed by atoms with E-state index in [4.69, 9.17) is 5.26 Å². The third-order valence-corrected chi connectivity index (χ3v) is 2.97. The van der Waals surface area contributed by atoms with Crippen molar-refractivity contribution < 1.29 is 0 Å². The Hall–Kier alpha value is -2.08. The van der Waals surface area contributed by atoms with Crippen LogP contribution in [0.25, 0.3) is 11.4 Å². The predicted octanol–water partition coefficient (Wildman–Crippen LogP) is 3.37. The van der Waals surface area contributed by atoms with E-state index < -0.39 is 0 Å². The molecule has 2 aromatic rings. The smallest absolute Gasteiger partial charge is 0.140 e. The van der Waals surface area contributed by atoms with Crippen LogP contribution in [0.2, 0.25) is 0 Å². The van der Waals surface area contributed by atoms with Gasteiger partial charge in [-0.15, -0.1) is 0 Å². The van der Waals surface area contributed by atoms with Gasteiger partial charge < -0.3 is 4.57 Å². The number of benzene rings is 1. The van der Waals surface area contributed by atoms with Gasteiger partial charge in [0.1, 0.15) is 12.4 Å². The van der Waals surface area contributed by atoms with Crippen LogP contribution in [0, 0.1) is 11.3 Å². The van der Waals surface area contributed by atoms with Gasteiger partial charge in [-0.1, -0.05) is 45.0 Å². The molecule has 0 amide bonds. The Morgan fingerprint density at radius 2 is 1.89 bits per heavy atom. The Kier molecular flexibility index (Phi) is 3.20. The summed E-state index contributed by atoms with van der Waals surface area (Å²) in [6.45, 7) is 6.91. The molecule has 0 spiro atoms. The highest BCUT2D eigenvalue weighted by Crippen LogP contribution is 2.25. The molecule has 0 aliphatic heterocycles. The fourth-order valence-corrected chi connectivity index (χ4v) is 1.89. The second-order valence-corrected chi connectivity index (χ2v) is 5.36. The van der Waals surface area contributed by atoms with Crippen LogP contribution in [0.3, 0.4) is 0 Å². The maximum absolute atomic E-state index is 8.76. The van der Waals surface area contributed by atoms with Gasteiger partial charge in [0.25, 0.3) is 0 Å². The molecule has 2 rings (SSSR count). The molecule has 0 aliphatic carbocycles. The molecule has 0 aliphatic rings. The summed E-state index contributed by atoms with van der Waals surface area (Å²) >= 11 is 0. The average Bonchev–Trinajstić information content (AvgIpc) is 2.77. The van der Waals surface area contributed by atoms with E-state index in [-0.39, 0.29) is 5.41 Å². The van der Waals surface area contributed by atoms with E-state index in [0.717, 1.165) is 11.4 Å². The highest BCUT2D eigenvalue weighted by Gasteiger charge is 2.13. The molecular weight excluding hydrogens is 222 g/mol. The van der Waals surface area contributed by atoms with Crippen molar-refractivity contribution in [1.82, 2.24) is 9.55 Å². The Labute approximate surface area is 108 Å². The Morgan fingerprint density at radius 3 is 2.44 bits per heavy atom. The SMILES string of the molecule is CC(C)(C)c1ccc(-c2nccn2CC#N)cc1. The molecule has 3 nitrogen and oxygen atoms in total. The van der Waals surface area contributed by atoms with Gasteiger partial charge in [0.05, 0.1) is 6.07 Å². The summed E-state index contributed by atoms with van der Waals surface area (Å²) in [5.41, 5.74) is 2.49. The second-order valence-electron chi connectivity index (χ2n) is 5.36. The van der Waals surface area contributed by atoms with Gasteiger partial charge in [-0.3, -0.25) is 0 Å². The summed E-state index contributed by atoms with van der Waals surface area (Å²) in [5.74, 6) is 0.844. The zero-order chi connectivity index (χ0) is 13.2. The van der Waals surface area contributed by atoms with Gasteiger partial charge >= 0.3 is 0 Å². The minimum absolute atomic E-state index is 0.153. The first-order chi connectivity index (χ1) is 8.52. The summed E-state index contributed by atoms with van der Waals surface area (Å²) in [6.07, 6.45) is 3.56. The topological polar surface area (TPSA) is 41.6 Å². The monoisotopic (exact) mass is 239 g/mol. The van der Waals surface area contributed by atoms with E-state index in [1.54, 1.807) is 6.20 Å². The summed E-state index contributed by atoms with van der Waals surface area (Å²) in [7, 11) is 0. The van der Waals surface area contributed by atoms with Crippen molar-refractivity contribution in [3.8, 4) is 17.5 Å². The number of nitrogens with zero attached hydrogens (tertiary/aromatic N) is 3. The van der Waals surface area contributed by atoms with Gasteiger partial charge in [-0.25, -0.2) is 4.98 Å². The molecule has 18 heavy (non-hydrogen) atoms. The van der Waals surface area contributed by atoms with E-state index in [2.05, 4.69) is 56.1 Å². The molecule has 0 atom stereocenters. The Bertz CT molecular complexity index is 565. The number of hydrogen-bond donors (Lipinski definition) is 0. The lowest BCUT2D eigenvalue weighted by atomic mass is 9.87. The maximum Gasteiger partial charge on any atom is 0.140 e. The van der Waals surface area contributed by atoms with Crippen molar-refractivity contribution in [2.75, 3.05) is 0 Å². The lowest BCUT2D eigenvalue weighted by Crippen LogP contribution is -2.10. The van der Waals surface area contributed by atoms with E-state index in [1.807, 2.05) is 10.8 Å². The molecule has 0 unspecified atom stereocenters. The highest BCUT2D eigenvalue weighted by molar-refractivity contribution is 5.56.